The van der Waals surface area contributed by atoms with Gasteiger partial charge in [0.15, 0.2) is 0 Å². The van der Waals surface area contributed by atoms with Crippen molar-refractivity contribution in [3.05, 3.63) is 47.4 Å². The zero-order chi connectivity index (χ0) is 14.0. The van der Waals surface area contributed by atoms with E-state index in [9.17, 15) is 9.90 Å². The number of phenolic OH excluding ortho intramolecular Hbond substituents is 1. The molecule has 0 aliphatic rings. The standard InChI is InChI=1S/C14H15NO4/c1-9-13(14(17)18)7-12(19-9)8-15(2)10-3-5-11(16)6-4-10/h3-7,16H,8H2,1-2H3,(H,17,18). The summed E-state index contributed by atoms with van der Waals surface area (Å²) in [7, 11) is 1.87. The van der Waals surface area contributed by atoms with E-state index < -0.39 is 5.97 Å². The van der Waals surface area contributed by atoms with Crippen molar-refractivity contribution in [1.82, 2.24) is 0 Å². The van der Waals surface area contributed by atoms with Gasteiger partial charge in [-0.1, -0.05) is 0 Å². The number of aromatic carboxylic acids is 1. The smallest absolute Gasteiger partial charge is 0.339 e. The third kappa shape index (κ3) is 2.88. The van der Waals surface area contributed by atoms with Gasteiger partial charge < -0.3 is 19.5 Å². The summed E-state index contributed by atoms with van der Waals surface area (Å²) in [6, 6.07) is 8.30. The lowest BCUT2D eigenvalue weighted by molar-refractivity contribution is 0.0695. The largest absolute Gasteiger partial charge is 0.508 e. The lowest BCUT2D eigenvalue weighted by Crippen LogP contribution is -2.15. The molecule has 0 aliphatic carbocycles. The summed E-state index contributed by atoms with van der Waals surface area (Å²) in [4.78, 5) is 12.8. The third-order valence-electron chi connectivity index (χ3n) is 2.88. The Morgan fingerprint density at radius 3 is 2.47 bits per heavy atom. The number of carbonyl (C=O) groups is 1. The average Bonchev–Trinajstić information content (AvgIpc) is 2.71. The molecule has 0 amide bonds. The second-order valence-corrected chi connectivity index (χ2v) is 4.36. The Bertz CT molecular complexity index is 586. The first-order chi connectivity index (χ1) is 8.97. The van der Waals surface area contributed by atoms with Gasteiger partial charge in [0.2, 0.25) is 0 Å². The number of benzene rings is 1. The fraction of sp³-hybridized carbons (Fsp3) is 0.214. The SMILES string of the molecule is Cc1oc(CN(C)c2ccc(O)cc2)cc1C(=O)O. The quantitative estimate of drug-likeness (QED) is 0.885. The normalized spacial score (nSPS) is 10.4. The van der Waals surface area contributed by atoms with Crippen LogP contribution in [0.2, 0.25) is 0 Å². The molecule has 2 rings (SSSR count). The molecule has 0 aliphatic heterocycles. The summed E-state index contributed by atoms with van der Waals surface area (Å²) in [6.07, 6.45) is 0. The van der Waals surface area contributed by atoms with Gasteiger partial charge in [0.05, 0.1) is 6.54 Å². The van der Waals surface area contributed by atoms with Crippen LogP contribution in [0.3, 0.4) is 0 Å². The van der Waals surface area contributed by atoms with Gasteiger partial charge in [-0.15, -0.1) is 0 Å². The molecular formula is C14H15NO4. The zero-order valence-corrected chi connectivity index (χ0v) is 10.8. The van der Waals surface area contributed by atoms with E-state index in [1.807, 2.05) is 11.9 Å². The molecule has 0 radical (unpaired) electrons. The molecule has 0 atom stereocenters. The maximum Gasteiger partial charge on any atom is 0.339 e. The summed E-state index contributed by atoms with van der Waals surface area (Å²) in [5.74, 6) is 0.214. The van der Waals surface area contributed by atoms with Gasteiger partial charge in [0, 0.05) is 12.7 Å². The fourth-order valence-corrected chi connectivity index (χ4v) is 1.87. The number of aromatic hydroxyl groups is 1. The van der Waals surface area contributed by atoms with Gasteiger partial charge in [-0.25, -0.2) is 4.79 Å². The molecule has 19 heavy (non-hydrogen) atoms. The minimum absolute atomic E-state index is 0.189. The van der Waals surface area contributed by atoms with Crippen molar-refractivity contribution in [1.29, 1.82) is 0 Å². The molecule has 0 spiro atoms. The van der Waals surface area contributed by atoms with Gasteiger partial charge in [-0.2, -0.15) is 0 Å². The van der Waals surface area contributed by atoms with E-state index in [4.69, 9.17) is 9.52 Å². The molecule has 100 valence electrons. The zero-order valence-electron chi connectivity index (χ0n) is 10.8. The van der Waals surface area contributed by atoms with Gasteiger partial charge in [0.25, 0.3) is 0 Å². The molecule has 0 fully saturated rings. The molecule has 1 heterocycles. The minimum atomic E-state index is -0.986. The van der Waals surface area contributed by atoms with Gasteiger partial charge >= 0.3 is 5.97 Å². The second-order valence-electron chi connectivity index (χ2n) is 4.36. The van der Waals surface area contributed by atoms with Crippen molar-refractivity contribution < 1.29 is 19.4 Å². The van der Waals surface area contributed by atoms with Gasteiger partial charge in [-0.05, 0) is 37.3 Å². The number of nitrogens with zero attached hydrogens (tertiary/aromatic N) is 1. The number of phenols is 1. The van der Waals surface area contributed by atoms with Crippen LogP contribution in [0.25, 0.3) is 0 Å². The van der Waals surface area contributed by atoms with Crippen LogP contribution >= 0.6 is 0 Å². The number of aryl methyl sites for hydroxylation is 1. The first-order valence-electron chi connectivity index (χ1n) is 5.80. The highest BCUT2D eigenvalue weighted by Gasteiger charge is 2.14. The Morgan fingerprint density at radius 2 is 1.95 bits per heavy atom. The molecule has 0 bridgehead atoms. The molecule has 5 heteroatoms. The predicted octanol–water partition coefficient (Wildman–Crippen LogP) is 2.63. The Morgan fingerprint density at radius 1 is 1.32 bits per heavy atom. The van der Waals surface area contributed by atoms with Crippen LogP contribution in [0, 0.1) is 6.92 Å². The van der Waals surface area contributed by atoms with Crippen molar-refractivity contribution in [2.24, 2.45) is 0 Å². The first kappa shape index (κ1) is 13.0. The highest BCUT2D eigenvalue weighted by atomic mass is 16.4. The Kier molecular flexibility index (Phi) is 3.46. The highest BCUT2D eigenvalue weighted by molar-refractivity contribution is 5.88. The number of hydrogen-bond acceptors (Lipinski definition) is 4. The van der Waals surface area contributed by atoms with Crippen molar-refractivity contribution >= 4 is 11.7 Å². The Labute approximate surface area is 110 Å². The summed E-state index contributed by atoms with van der Waals surface area (Å²) in [5, 5.41) is 18.2. The van der Waals surface area contributed by atoms with E-state index in [0.717, 1.165) is 5.69 Å². The van der Waals surface area contributed by atoms with E-state index in [2.05, 4.69) is 0 Å². The molecule has 0 saturated heterocycles. The van der Waals surface area contributed by atoms with Crippen molar-refractivity contribution in [3.63, 3.8) is 0 Å². The maximum absolute atomic E-state index is 10.9. The van der Waals surface area contributed by atoms with E-state index in [1.165, 1.54) is 6.07 Å². The second kappa shape index (κ2) is 5.06. The highest BCUT2D eigenvalue weighted by Crippen LogP contribution is 2.21. The molecule has 5 nitrogen and oxygen atoms in total. The molecule has 1 aromatic carbocycles. The van der Waals surface area contributed by atoms with Crippen LogP contribution in [0.4, 0.5) is 5.69 Å². The van der Waals surface area contributed by atoms with Crippen LogP contribution in [0.5, 0.6) is 5.75 Å². The third-order valence-corrected chi connectivity index (χ3v) is 2.88. The molecule has 0 saturated carbocycles. The van der Waals surface area contributed by atoms with Gasteiger partial charge in [0.1, 0.15) is 22.8 Å². The van der Waals surface area contributed by atoms with Crippen LogP contribution in [-0.4, -0.2) is 23.2 Å². The van der Waals surface area contributed by atoms with E-state index in [1.54, 1.807) is 31.2 Å². The van der Waals surface area contributed by atoms with Crippen LogP contribution in [0.1, 0.15) is 21.9 Å². The Hall–Kier alpha value is -2.43. The van der Waals surface area contributed by atoms with Crippen molar-refractivity contribution in [3.8, 4) is 5.75 Å². The van der Waals surface area contributed by atoms with E-state index in [-0.39, 0.29) is 11.3 Å². The van der Waals surface area contributed by atoms with Crippen molar-refractivity contribution in [2.45, 2.75) is 13.5 Å². The van der Waals surface area contributed by atoms with E-state index in [0.29, 0.717) is 18.1 Å². The fourth-order valence-electron chi connectivity index (χ4n) is 1.87. The maximum atomic E-state index is 10.9. The number of anilines is 1. The topological polar surface area (TPSA) is 73.9 Å². The summed E-state index contributed by atoms with van der Waals surface area (Å²) >= 11 is 0. The number of hydrogen-bond donors (Lipinski definition) is 2. The number of carboxylic acid groups (broad SMARTS) is 1. The lowest BCUT2D eigenvalue weighted by atomic mass is 10.2. The lowest BCUT2D eigenvalue weighted by Gasteiger charge is -2.17. The number of rotatable bonds is 4. The summed E-state index contributed by atoms with van der Waals surface area (Å²) < 4.78 is 5.42. The molecule has 2 N–H and O–H groups in total. The van der Waals surface area contributed by atoms with Crippen LogP contribution in [-0.2, 0) is 6.54 Å². The monoisotopic (exact) mass is 261 g/mol. The van der Waals surface area contributed by atoms with E-state index >= 15 is 0 Å². The minimum Gasteiger partial charge on any atom is -0.508 e. The van der Waals surface area contributed by atoms with Crippen LogP contribution < -0.4 is 4.90 Å². The summed E-state index contributed by atoms with van der Waals surface area (Å²) in [5.41, 5.74) is 1.10. The summed E-state index contributed by atoms with van der Waals surface area (Å²) in [6.45, 7) is 2.09. The molecule has 1 aromatic heterocycles. The first-order valence-corrected chi connectivity index (χ1v) is 5.80. The molecular weight excluding hydrogens is 246 g/mol. The predicted molar refractivity (Wildman–Crippen MR) is 70.6 cm³/mol. The number of furan rings is 1. The number of carboxylic acids is 1. The van der Waals surface area contributed by atoms with Gasteiger partial charge in [-0.3, -0.25) is 0 Å². The average molecular weight is 261 g/mol. The van der Waals surface area contributed by atoms with Crippen molar-refractivity contribution in [2.75, 3.05) is 11.9 Å². The Balaban J connectivity index is 2.14. The molecule has 2 aromatic rings. The molecule has 0 unspecified atom stereocenters. The van der Waals surface area contributed by atoms with Crippen LogP contribution in [0.15, 0.2) is 34.7 Å².